The Morgan fingerprint density at radius 1 is 0.522 bits per heavy atom. The standard InChI is InChI=1S/C62H67B2N3O2/c1-36-29-40(58(5,6)7)30-37(2)53(36)63-34-51-65(42-27-28-45-46(33-42)61(13,14)62(15,16)60(45,11)12)57(68)66(49-25-19-22-44-43-21-17-18-26-50(43)69-56(44)49)52-35-64(48-24-20-23-47(63)55(48)67(51)52)54-38(3)31-41(32-39(54)4)59(8,9)10/h17-35H,1-16H3. The van der Waals surface area contributed by atoms with Gasteiger partial charge in [0.05, 0.1) is 11.4 Å². The van der Waals surface area contributed by atoms with E-state index >= 15 is 4.79 Å². The van der Waals surface area contributed by atoms with Gasteiger partial charge in [0.25, 0.3) is 0 Å². The predicted octanol–water partition coefficient (Wildman–Crippen LogP) is 13.0. The maximum Gasteiger partial charge on any atom is 0.340 e. The molecule has 69 heavy (non-hydrogen) atoms. The van der Waals surface area contributed by atoms with Crippen molar-refractivity contribution >= 4 is 80.3 Å². The van der Waals surface area contributed by atoms with Gasteiger partial charge in [-0.2, -0.15) is 0 Å². The van der Waals surface area contributed by atoms with Crippen LogP contribution in [-0.2, 0) is 21.7 Å². The first-order chi connectivity index (χ1) is 32.3. The zero-order valence-electron chi connectivity index (χ0n) is 43.8. The summed E-state index contributed by atoms with van der Waals surface area (Å²) in [5.41, 5.74) is 19.2. The topological polar surface area (TPSA) is 39.9 Å². The Bertz CT molecular complexity index is 3400. The summed E-state index contributed by atoms with van der Waals surface area (Å²) in [5, 5.41) is 2.01. The van der Waals surface area contributed by atoms with Crippen molar-refractivity contribution in [2.75, 3.05) is 14.7 Å². The number of furan rings is 1. The van der Waals surface area contributed by atoms with Gasteiger partial charge < -0.3 is 4.42 Å². The van der Waals surface area contributed by atoms with Gasteiger partial charge in [-0.05, 0) is 112 Å². The quantitative estimate of drug-likeness (QED) is 0.165. The molecule has 5 nitrogen and oxygen atoms in total. The van der Waals surface area contributed by atoms with Crippen LogP contribution in [0.2, 0.25) is 0 Å². The van der Waals surface area contributed by atoms with E-state index in [1.807, 2.05) is 21.9 Å². The highest BCUT2D eigenvalue weighted by molar-refractivity contribution is 6.95. The molecule has 1 aromatic heterocycles. The predicted molar refractivity (Wildman–Crippen MR) is 295 cm³/mol. The van der Waals surface area contributed by atoms with Crippen molar-refractivity contribution in [2.24, 2.45) is 5.41 Å². The van der Waals surface area contributed by atoms with Gasteiger partial charge in [0, 0.05) is 16.5 Å². The molecule has 1 fully saturated rings. The molecule has 4 heterocycles. The molecule has 7 aromatic rings. The smallest absolute Gasteiger partial charge is 0.340 e. The molecular formula is C62H67B2N3O2. The lowest BCUT2D eigenvalue weighted by Crippen LogP contribution is -2.65. The summed E-state index contributed by atoms with van der Waals surface area (Å²) in [6, 6.07) is 37.7. The summed E-state index contributed by atoms with van der Waals surface area (Å²) in [6.45, 7) is 36.9. The largest absolute Gasteiger partial charge is 0.454 e. The maximum atomic E-state index is 16.6. The van der Waals surface area contributed by atoms with Gasteiger partial charge in [-0.15, -0.1) is 0 Å². The SMILES string of the molecule is Cc1cc(C(C)(C)C)cc(C)c1B1C=C2N(c3ccc4c(c3)C(C)(C)C(C)(C)C4(C)C)C(=O)N(c3cccc4c3oc3ccccc34)C3=CB(c4c(C)cc(C(C)(C)C)cc4C)c4cccc1c4N23. The third-order valence-corrected chi connectivity index (χ3v) is 17.8. The number of nitrogens with zero attached hydrogens (tertiary/aromatic N) is 3. The van der Waals surface area contributed by atoms with E-state index in [4.69, 9.17) is 4.42 Å². The molecule has 0 N–H and O–H groups in total. The molecule has 0 bridgehead atoms. The molecule has 4 aliphatic rings. The number of carbonyl (C=O) groups excluding carboxylic acids is 1. The first-order valence-corrected chi connectivity index (χ1v) is 25.1. The second-order valence-electron chi connectivity index (χ2n) is 24.5. The van der Waals surface area contributed by atoms with Crippen LogP contribution >= 0.6 is 0 Å². The van der Waals surface area contributed by atoms with Crippen molar-refractivity contribution in [1.29, 1.82) is 0 Å². The summed E-state index contributed by atoms with van der Waals surface area (Å²) in [6.07, 6.45) is 0. The van der Waals surface area contributed by atoms with Crippen molar-refractivity contribution in [2.45, 2.75) is 132 Å². The molecule has 1 aliphatic carbocycles. The van der Waals surface area contributed by atoms with E-state index in [9.17, 15) is 0 Å². The molecule has 11 rings (SSSR count). The van der Waals surface area contributed by atoms with Gasteiger partial charge in [0.2, 0.25) is 13.4 Å². The zero-order chi connectivity index (χ0) is 49.2. The molecule has 0 radical (unpaired) electrons. The van der Waals surface area contributed by atoms with Gasteiger partial charge in [0.15, 0.2) is 5.58 Å². The average Bonchev–Trinajstić information content (AvgIpc) is 3.70. The number of anilines is 3. The van der Waals surface area contributed by atoms with Crippen LogP contribution in [0.25, 0.3) is 21.9 Å². The van der Waals surface area contributed by atoms with Gasteiger partial charge in [0.1, 0.15) is 17.2 Å². The van der Waals surface area contributed by atoms with Gasteiger partial charge in [-0.1, -0.05) is 207 Å². The molecule has 0 unspecified atom stereocenters. The summed E-state index contributed by atoms with van der Waals surface area (Å²) in [7, 11) is 0. The van der Waals surface area contributed by atoms with E-state index in [-0.39, 0.29) is 46.5 Å². The third kappa shape index (κ3) is 6.27. The molecule has 2 amide bonds. The Morgan fingerprint density at radius 2 is 1.01 bits per heavy atom. The fourth-order valence-electron chi connectivity index (χ4n) is 12.8. The highest BCUT2D eigenvalue weighted by Gasteiger charge is 2.57. The number of hydrogen-bond donors (Lipinski definition) is 0. The van der Waals surface area contributed by atoms with Crippen molar-refractivity contribution in [3.05, 3.63) is 171 Å². The van der Waals surface area contributed by atoms with E-state index in [0.29, 0.717) is 5.58 Å². The van der Waals surface area contributed by atoms with Crippen LogP contribution in [0, 0.1) is 33.1 Å². The van der Waals surface area contributed by atoms with E-state index in [0.717, 1.165) is 45.1 Å². The maximum absolute atomic E-state index is 16.6. The number of amides is 2. The van der Waals surface area contributed by atoms with Crippen LogP contribution in [0.5, 0.6) is 0 Å². The Hall–Kier alpha value is -6.20. The average molecular weight is 908 g/mol. The second-order valence-corrected chi connectivity index (χ2v) is 24.5. The Balaban J connectivity index is 1.24. The number of urea groups is 1. The first kappa shape index (κ1) is 45.3. The molecule has 6 aromatic carbocycles. The van der Waals surface area contributed by atoms with Crippen molar-refractivity contribution in [1.82, 2.24) is 0 Å². The molecule has 7 heteroatoms. The monoisotopic (exact) mass is 908 g/mol. The summed E-state index contributed by atoms with van der Waals surface area (Å²) in [5.74, 6) is 6.43. The van der Waals surface area contributed by atoms with E-state index < -0.39 is 0 Å². The first-order valence-electron chi connectivity index (χ1n) is 25.1. The molecule has 348 valence electrons. The third-order valence-electron chi connectivity index (χ3n) is 17.8. The number of para-hydroxylation sites is 3. The van der Waals surface area contributed by atoms with Crippen molar-refractivity contribution in [3.8, 4) is 0 Å². The fraction of sp³-hybridized carbons (Fsp3) is 0.339. The van der Waals surface area contributed by atoms with Crippen LogP contribution in [0.1, 0.15) is 128 Å². The van der Waals surface area contributed by atoms with Gasteiger partial charge in [-0.25, -0.2) is 14.6 Å². The van der Waals surface area contributed by atoms with E-state index in [2.05, 4.69) is 219 Å². The van der Waals surface area contributed by atoms with Gasteiger partial charge >= 0.3 is 6.03 Å². The fourth-order valence-corrected chi connectivity index (χ4v) is 12.8. The highest BCUT2D eigenvalue weighted by atomic mass is 16.3. The molecule has 0 atom stereocenters. The number of hydrogen-bond acceptors (Lipinski definition) is 3. The van der Waals surface area contributed by atoms with Crippen LogP contribution in [0.3, 0.4) is 0 Å². The molecular weight excluding hydrogens is 840 g/mol. The lowest BCUT2D eigenvalue weighted by molar-refractivity contribution is 0.125. The van der Waals surface area contributed by atoms with Gasteiger partial charge in [-0.3, -0.25) is 4.90 Å². The minimum absolute atomic E-state index is 0.00378. The van der Waals surface area contributed by atoms with Crippen LogP contribution in [0.4, 0.5) is 21.9 Å². The summed E-state index contributed by atoms with van der Waals surface area (Å²) in [4.78, 5) is 23.0. The minimum Gasteiger partial charge on any atom is -0.454 e. The lowest BCUT2D eigenvalue weighted by atomic mass is 9.33. The Morgan fingerprint density at radius 3 is 1.57 bits per heavy atom. The van der Waals surface area contributed by atoms with Crippen LogP contribution in [0.15, 0.2) is 131 Å². The molecule has 3 aliphatic heterocycles. The second kappa shape index (κ2) is 14.7. The number of fused-ring (bicyclic) bond motifs is 4. The van der Waals surface area contributed by atoms with Crippen LogP contribution in [-0.4, -0.2) is 19.5 Å². The number of aryl methyl sites for hydroxylation is 4. The minimum atomic E-state index is -0.172. The van der Waals surface area contributed by atoms with E-state index in [1.165, 1.54) is 66.4 Å². The summed E-state index contributed by atoms with van der Waals surface area (Å²) >= 11 is 0. The van der Waals surface area contributed by atoms with E-state index in [1.54, 1.807) is 0 Å². The Labute approximate surface area is 411 Å². The molecule has 0 saturated carbocycles. The van der Waals surface area contributed by atoms with Crippen molar-refractivity contribution in [3.63, 3.8) is 0 Å². The molecule has 1 saturated heterocycles. The highest BCUT2D eigenvalue weighted by Crippen LogP contribution is 2.62. The summed E-state index contributed by atoms with van der Waals surface area (Å²) < 4.78 is 6.83. The Kier molecular flexibility index (Phi) is 9.62. The van der Waals surface area contributed by atoms with Crippen molar-refractivity contribution < 1.29 is 9.21 Å². The zero-order valence-corrected chi connectivity index (χ0v) is 43.8. The number of benzene rings is 6. The number of rotatable bonds is 4. The normalized spacial score (nSPS) is 18.0. The lowest BCUT2D eigenvalue weighted by Gasteiger charge is -2.51. The van der Waals surface area contributed by atoms with Crippen LogP contribution < -0.4 is 36.6 Å². The molecule has 0 spiro atoms. The number of carbonyl (C=O) groups is 1.